The molecule has 0 aromatic carbocycles. The van der Waals surface area contributed by atoms with Gasteiger partial charge >= 0.3 is 0 Å². The maximum Gasteiger partial charge on any atom is 0.202 e. The molecule has 0 bridgehead atoms. The minimum absolute atomic E-state index is 0.189. The standard InChI is InChI=1S/C7H4N3O/c8-5-10-7(11)6-3-1-2-4-9-6/h1-4H/q-1. The highest BCUT2D eigenvalue weighted by atomic mass is 16.1. The van der Waals surface area contributed by atoms with Gasteiger partial charge in [-0.15, -0.1) is 6.01 Å². The summed E-state index contributed by atoms with van der Waals surface area (Å²) in [5, 5.41) is 8.03. The third-order valence-corrected chi connectivity index (χ3v) is 1.04. The lowest BCUT2D eigenvalue weighted by Gasteiger charge is -1.94. The van der Waals surface area contributed by atoms with Gasteiger partial charge in [0.25, 0.3) is 0 Å². The maximum absolute atomic E-state index is 10.8. The summed E-state index contributed by atoms with van der Waals surface area (Å²) in [6.45, 7) is 0. The van der Waals surface area contributed by atoms with Gasteiger partial charge < -0.3 is 10.4 Å². The van der Waals surface area contributed by atoms with Crippen LogP contribution < -0.4 is 0 Å². The summed E-state index contributed by atoms with van der Waals surface area (Å²) in [6, 6.07) is 6.25. The Bertz CT molecular complexity index is 301. The first kappa shape index (κ1) is 7.31. The first-order chi connectivity index (χ1) is 5.34. The van der Waals surface area contributed by atoms with E-state index in [-0.39, 0.29) is 5.69 Å². The Kier molecular flexibility index (Phi) is 2.25. The number of nitrogens with zero attached hydrogens (tertiary/aromatic N) is 3. The van der Waals surface area contributed by atoms with Crippen molar-refractivity contribution in [2.24, 2.45) is 4.99 Å². The van der Waals surface area contributed by atoms with Crippen LogP contribution in [0.15, 0.2) is 29.4 Å². The van der Waals surface area contributed by atoms with E-state index in [1.165, 1.54) is 18.3 Å². The number of carbonyl (C=O) groups is 1. The molecule has 1 heterocycles. The Hall–Kier alpha value is -1.80. The molecule has 0 aliphatic heterocycles. The molecule has 0 aliphatic carbocycles. The monoisotopic (exact) mass is 146 g/mol. The van der Waals surface area contributed by atoms with Crippen LogP contribution in [0.3, 0.4) is 0 Å². The molecule has 1 aromatic heterocycles. The van der Waals surface area contributed by atoms with Crippen LogP contribution in [0.5, 0.6) is 0 Å². The molecule has 1 rings (SSSR count). The molecule has 4 heteroatoms. The van der Waals surface area contributed by atoms with E-state index in [4.69, 9.17) is 5.41 Å². The van der Waals surface area contributed by atoms with Crippen LogP contribution in [0.2, 0.25) is 0 Å². The van der Waals surface area contributed by atoms with Gasteiger partial charge in [0, 0.05) is 6.20 Å². The van der Waals surface area contributed by atoms with Gasteiger partial charge in [-0.2, -0.15) is 0 Å². The second-order valence-corrected chi connectivity index (χ2v) is 1.73. The second-order valence-electron chi connectivity index (χ2n) is 1.73. The van der Waals surface area contributed by atoms with Crippen molar-refractivity contribution in [2.75, 3.05) is 0 Å². The molecule has 54 valence electrons. The molecule has 0 saturated heterocycles. The summed E-state index contributed by atoms with van der Waals surface area (Å²) in [5.41, 5.74) is 0.189. The van der Waals surface area contributed by atoms with E-state index in [1.54, 1.807) is 12.1 Å². The van der Waals surface area contributed by atoms with Crippen LogP contribution in [-0.4, -0.2) is 16.9 Å². The lowest BCUT2D eigenvalue weighted by molar-refractivity contribution is 0.0999. The van der Waals surface area contributed by atoms with E-state index < -0.39 is 5.91 Å². The van der Waals surface area contributed by atoms with Crippen molar-refractivity contribution in [3.05, 3.63) is 35.5 Å². The van der Waals surface area contributed by atoms with Crippen molar-refractivity contribution in [2.45, 2.75) is 0 Å². The summed E-state index contributed by atoms with van der Waals surface area (Å²) in [6.07, 6.45) is 1.47. The van der Waals surface area contributed by atoms with Crippen molar-refractivity contribution >= 4 is 11.9 Å². The van der Waals surface area contributed by atoms with Crippen molar-refractivity contribution in [3.63, 3.8) is 0 Å². The highest BCUT2D eigenvalue weighted by Gasteiger charge is 1.95. The zero-order chi connectivity index (χ0) is 8.10. The number of rotatable bonds is 1. The number of carbonyl (C=O) groups excluding carboxylic acids is 1. The summed E-state index contributed by atoms with van der Waals surface area (Å²) < 4.78 is 0. The van der Waals surface area contributed by atoms with E-state index >= 15 is 0 Å². The summed E-state index contributed by atoms with van der Waals surface area (Å²) >= 11 is 0. The van der Waals surface area contributed by atoms with Crippen molar-refractivity contribution in [3.8, 4) is 0 Å². The SMILES string of the molecule is [N-]=C=NC(=O)c1ccccn1. The third-order valence-electron chi connectivity index (χ3n) is 1.04. The van der Waals surface area contributed by atoms with Crippen LogP contribution in [0, 0.1) is 0 Å². The van der Waals surface area contributed by atoms with Crippen molar-refractivity contribution in [1.29, 1.82) is 0 Å². The molecule has 0 spiro atoms. The Balaban J connectivity index is 2.94. The predicted molar refractivity (Wildman–Crippen MR) is 39.4 cm³/mol. The smallest absolute Gasteiger partial charge is 0.202 e. The van der Waals surface area contributed by atoms with E-state index in [9.17, 15) is 4.79 Å². The quantitative estimate of drug-likeness (QED) is 0.554. The number of pyridine rings is 1. The molecule has 0 fully saturated rings. The second kappa shape index (κ2) is 3.39. The van der Waals surface area contributed by atoms with Crippen molar-refractivity contribution < 1.29 is 4.79 Å². The summed E-state index contributed by atoms with van der Waals surface area (Å²) in [7, 11) is 0. The predicted octanol–water partition coefficient (Wildman–Crippen LogP) is 0.965. The first-order valence-corrected chi connectivity index (χ1v) is 2.90. The lowest BCUT2D eigenvalue weighted by atomic mass is 10.3. The fourth-order valence-corrected chi connectivity index (χ4v) is 0.592. The highest BCUT2D eigenvalue weighted by Crippen LogP contribution is 1.94. The Morgan fingerprint density at radius 2 is 2.45 bits per heavy atom. The number of aliphatic imine (C=N–C) groups is 1. The molecular formula is C7H4N3O-. The molecule has 4 nitrogen and oxygen atoms in total. The average Bonchev–Trinajstić information content (AvgIpc) is 2.07. The molecule has 0 unspecified atom stereocenters. The maximum atomic E-state index is 10.8. The van der Waals surface area contributed by atoms with Gasteiger partial charge in [0.2, 0.25) is 5.91 Å². The van der Waals surface area contributed by atoms with E-state index in [0.717, 1.165) is 0 Å². The number of amides is 1. The molecule has 0 radical (unpaired) electrons. The zero-order valence-electron chi connectivity index (χ0n) is 5.56. The van der Waals surface area contributed by atoms with Crippen LogP contribution in [0.25, 0.3) is 5.41 Å². The molecule has 1 amide bonds. The largest absolute Gasteiger partial charge is 0.422 e. The number of aromatic nitrogens is 1. The topological polar surface area (TPSA) is 64.6 Å². The average molecular weight is 146 g/mol. The Morgan fingerprint density at radius 3 is 3.00 bits per heavy atom. The molecule has 0 aliphatic rings. The molecule has 11 heavy (non-hydrogen) atoms. The third kappa shape index (κ3) is 1.81. The molecular weight excluding hydrogens is 142 g/mol. The van der Waals surface area contributed by atoms with Crippen LogP contribution in [0.4, 0.5) is 0 Å². The van der Waals surface area contributed by atoms with Gasteiger partial charge in [0.1, 0.15) is 5.69 Å². The minimum atomic E-state index is -0.604. The fourth-order valence-electron chi connectivity index (χ4n) is 0.592. The highest BCUT2D eigenvalue weighted by molar-refractivity contribution is 5.96. The van der Waals surface area contributed by atoms with E-state index in [1.807, 2.05) is 0 Å². The van der Waals surface area contributed by atoms with Gasteiger partial charge in [-0.05, 0) is 12.1 Å². The van der Waals surface area contributed by atoms with Crippen LogP contribution in [0.1, 0.15) is 10.5 Å². The van der Waals surface area contributed by atoms with Gasteiger partial charge in [-0.3, -0.25) is 9.78 Å². The fraction of sp³-hybridized carbons (Fsp3) is 0. The first-order valence-electron chi connectivity index (χ1n) is 2.90. The zero-order valence-corrected chi connectivity index (χ0v) is 5.56. The summed E-state index contributed by atoms with van der Waals surface area (Å²) in [4.78, 5) is 17.5. The van der Waals surface area contributed by atoms with E-state index in [0.29, 0.717) is 0 Å². The van der Waals surface area contributed by atoms with Gasteiger partial charge in [-0.25, -0.2) is 0 Å². The number of hydrogen-bond acceptors (Lipinski definition) is 2. The van der Waals surface area contributed by atoms with E-state index in [2.05, 4.69) is 9.98 Å². The van der Waals surface area contributed by atoms with Gasteiger partial charge in [0.05, 0.1) is 0 Å². The Morgan fingerprint density at radius 1 is 1.64 bits per heavy atom. The van der Waals surface area contributed by atoms with Crippen LogP contribution in [-0.2, 0) is 0 Å². The van der Waals surface area contributed by atoms with Crippen LogP contribution >= 0.6 is 0 Å². The van der Waals surface area contributed by atoms with Gasteiger partial charge in [0.15, 0.2) is 0 Å². The van der Waals surface area contributed by atoms with Gasteiger partial charge in [-0.1, -0.05) is 6.07 Å². The summed E-state index contributed by atoms with van der Waals surface area (Å²) in [5.74, 6) is -0.604. The Labute approximate surface area is 63.1 Å². The minimum Gasteiger partial charge on any atom is -0.422 e. The normalized spacial score (nSPS) is 8.36. The molecule has 0 atom stereocenters. The molecule has 0 N–H and O–H groups in total. The lowest BCUT2D eigenvalue weighted by Crippen LogP contribution is -1.96. The van der Waals surface area contributed by atoms with Crippen molar-refractivity contribution in [1.82, 2.24) is 4.98 Å². The molecule has 1 aromatic rings. The molecule has 0 saturated carbocycles. The number of hydrogen-bond donors (Lipinski definition) is 0.